The summed E-state index contributed by atoms with van der Waals surface area (Å²) in [5.74, 6) is 0. The molecule has 0 radical (unpaired) electrons. The van der Waals surface area contributed by atoms with Gasteiger partial charge in [-0.2, -0.15) is 0 Å². The van der Waals surface area contributed by atoms with E-state index in [0.717, 1.165) is 26.2 Å². The Hall–Kier alpha value is -1.12. The van der Waals surface area contributed by atoms with Crippen molar-refractivity contribution >= 4 is 6.08 Å². The van der Waals surface area contributed by atoms with Gasteiger partial charge in [-0.05, 0) is 12.0 Å². The molecule has 1 saturated heterocycles. The Labute approximate surface area is 91.0 Å². The molecule has 1 aromatic rings. The van der Waals surface area contributed by atoms with Gasteiger partial charge < -0.3 is 10.1 Å². The van der Waals surface area contributed by atoms with Gasteiger partial charge in [-0.3, -0.25) is 0 Å². The van der Waals surface area contributed by atoms with Crippen LogP contribution in [0.1, 0.15) is 12.0 Å². The van der Waals surface area contributed by atoms with E-state index in [0.29, 0.717) is 6.04 Å². The van der Waals surface area contributed by atoms with Crippen molar-refractivity contribution in [2.75, 3.05) is 19.8 Å². The molecule has 1 unspecified atom stereocenters. The number of benzene rings is 1. The summed E-state index contributed by atoms with van der Waals surface area (Å²) in [6.07, 6.45) is 5.44. The van der Waals surface area contributed by atoms with Gasteiger partial charge in [0.2, 0.25) is 0 Å². The highest BCUT2D eigenvalue weighted by Gasteiger charge is 2.12. The van der Waals surface area contributed by atoms with Crippen LogP contribution in [0.5, 0.6) is 0 Å². The van der Waals surface area contributed by atoms with E-state index in [1.54, 1.807) is 0 Å². The number of hydrogen-bond donors (Lipinski definition) is 1. The molecule has 0 aliphatic carbocycles. The van der Waals surface area contributed by atoms with Gasteiger partial charge >= 0.3 is 0 Å². The van der Waals surface area contributed by atoms with Crippen molar-refractivity contribution < 1.29 is 4.74 Å². The first-order valence-corrected chi connectivity index (χ1v) is 5.48. The first kappa shape index (κ1) is 10.4. The van der Waals surface area contributed by atoms with Crippen molar-refractivity contribution in [3.8, 4) is 0 Å². The molecule has 0 spiro atoms. The van der Waals surface area contributed by atoms with Gasteiger partial charge in [0, 0.05) is 19.2 Å². The van der Waals surface area contributed by atoms with Gasteiger partial charge in [0.15, 0.2) is 0 Å². The number of ether oxygens (including phenoxy) is 1. The van der Waals surface area contributed by atoms with Gasteiger partial charge in [-0.15, -0.1) is 0 Å². The Morgan fingerprint density at radius 1 is 1.33 bits per heavy atom. The monoisotopic (exact) mass is 203 g/mol. The van der Waals surface area contributed by atoms with Crippen molar-refractivity contribution in [1.82, 2.24) is 5.32 Å². The molecule has 0 saturated carbocycles. The van der Waals surface area contributed by atoms with E-state index in [4.69, 9.17) is 4.74 Å². The molecule has 1 aliphatic heterocycles. The van der Waals surface area contributed by atoms with Crippen LogP contribution in [0.3, 0.4) is 0 Å². The molecule has 0 amide bonds. The van der Waals surface area contributed by atoms with Crippen molar-refractivity contribution in [3.05, 3.63) is 42.0 Å². The zero-order valence-electron chi connectivity index (χ0n) is 8.86. The van der Waals surface area contributed by atoms with E-state index >= 15 is 0 Å². The lowest BCUT2D eigenvalue weighted by molar-refractivity contribution is 0.190. The average molecular weight is 203 g/mol. The lowest BCUT2D eigenvalue weighted by atomic mass is 10.2. The smallest absolute Gasteiger partial charge is 0.0620 e. The van der Waals surface area contributed by atoms with E-state index < -0.39 is 0 Å². The fourth-order valence-corrected chi connectivity index (χ4v) is 1.69. The molecule has 0 aromatic heterocycles. The molecule has 1 aromatic carbocycles. The topological polar surface area (TPSA) is 21.3 Å². The molecule has 15 heavy (non-hydrogen) atoms. The van der Waals surface area contributed by atoms with Crippen LogP contribution in [0.2, 0.25) is 0 Å². The number of rotatable bonds is 4. The van der Waals surface area contributed by atoms with E-state index in [-0.39, 0.29) is 0 Å². The quantitative estimate of drug-likeness (QED) is 0.809. The normalized spacial score (nSPS) is 21.2. The molecule has 2 rings (SSSR count). The van der Waals surface area contributed by atoms with Crippen molar-refractivity contribution in [1.29, 1.82) is 0 Å². The zero-order valence-corrected chi connectivity index (χ0v) is 8.86. The SMILES string of the molecule is C(=C\c1ccccc1)/CNC1CCOC1. The first-order chi connectivity index (χ1) is 7.45. The summed E-state index contributed by atoms with van der Waals surface area (Å²) in [5, 5.41) is 3.44. The minimum atomic E-state index is 0.547. The van der Waals surface area contributed by atoms with Gasteiger partial charge in [-0.1, -0.05) is 42.5 Å². The standard InChI is InChI=1S/C13H17NO/c1-2-5-12(6-3-1)7-4-9-14-13-8-10-15-11-13/h1-7,13-14H,8-11H2/b7-4+. The molecular weight excluding hydrogens is 186 g/mol. The van der Waals surface area contributed by atoms with Crippen LogP contribution in [0.15, 0.2) is 36.4 Å². The summed E-state index contributed by atoms with van der Waals surface area (Å²) in [4.78, 5) is 0. The molecule has 1 N–H and O–H groups in total. The van der Waals surface area contributed by atoms with E-state index in [9.17, 15) is 0 Å². The van der Waals surface area contributed by atoms with Gasteiger partial charge in [0.05, 0.1) is 6.61 Å². The molecule has 1 aliphatic rings. The summed E-state index contributed by atoms with van der Waals surface area (Å²) in [7, 11) is 0. The predicted molar refractivity (Wildman–Crippen MR) is 62.7 cm³/mol. The highest BCUT2D eigenvalue weighted by atomic mass is 16.5. The number of nitrogens with one attached hydrogen (secondary N) is 1. The Morgan fingerprint density at radius 3 is 2.93 bits per heavy atom. The molecule has 1 fully saturated rings. The van der Waals surface area contributed by atoms with E-state index in [2.05, 4.69) is 41.7 Å². The molecule has 2 nitrogen and oxygen atoms in total. The molecule has 1 atom stereocenters. The van der Waals surface area contributed by atoms with Crippen LogP contribution in [-0.4, -0.2) is 25.8 Å². The van der Waals surface area contributed by atoms with Crippen LogP contribution in [0.4, 0.5) is 0 Å². The van der Waals surface area contributed by atoms with E-state index in [1.165, 1.54) is 5.56 Å². The molecule has 1 heterocycles. The second-order valence-corrected chi connectivity index (χ2v) is 3.78. The van der Waals surface area contributed by atoms with Crippen LogP contribution >= 0.6 is 0 Å². The largest absolute Gasteiger partial charge is 0.380 e. The van der Waals surface area contributed by atoms with Gasteiger partial charge in [-0.25, -0.2) is 0 Å². The summed E-state index contributed by atoms with van der Waals surface area (Å²) in [6.45, 7) is 2.68. The van der Waals surface area contributed by atoms with Crippen molar-refractivity contribution in [2.45, 2.75) is 12.5 Å². The molecule has 2 heteroatoms. The van der Waals surface area contributed by atoms with Gasteiger partial charge in [0.1, 0.15) is 0 Å². The summed E-state index contributed by atoms with van der Waals surface area (Å²) in [6, 6.07) is 10.9. The highest BCUT2D eigenvalue weighted by Crippen LogP contribution is 2.03. The summed E-state index contributed by atoms with van der Waals surface area (Å²) >= 11 is 0. The summed E-state index contributed by atoms with van der Waals surface area (Å²) < 4.78 is 5.29. The van der Waals surface area contributed by atoms with Crippen molar-refractivity contribution in [2.24, 2.45) is 0 Å². The number of hydrogen-bond acceptors (Lipinski definition) is 2. The fourth-order valence-electron chi connectivity index (χ4n) is 1.69. The first-order valence-electron chi connectivity index (χ1n) is 5.48. The minimum Gasteiger partial charge on any atom is -0.380 e. The van der Waals surface area contributed by atoms with Crippen LogP contribution in [-0.2, 0) is 4.74 Å². The summed E-state index contributed by atoms with van der Waals surface area (Å²) in [5.41, 5.74) is 1.25. The lowest BCUT2D eigenvalue weighted by Gasteiger charge is -2.06. The highest BCUT2D eigenvalue weighted by molar-refractivity contribution is 5.48. The molecular formula is C13H17NO. The maximum atomic E-state index is 5.29. The Balaban J connectivity index is 1.71. The van der Waals surface area contributed by atoms with Crippen LogP contribution < -0.4 is 5.32 Å². The predicted octanol–water partition coefficient (Wildman–Crippen LogP) is 2.08. The average Bonchev–Trinajstić information content (AvgIpc) is 2.79. The third kappa shape index (κ3) is 3.50. The van der Waals surface area contributed by atoms with Crippen molar-refractivity contribution in [3.63, 3.8) is 0 Å². The molecule has 0 bridgehead atoms. The lowest BCUT2D eigenvalue weighted by Crippen LogP contribution is -2.29. The molecule has 80 valence electrons. The third-order valence-corrected chi connectivity index (χ3v) is 2.56. The zero-order chi connectivity index (χ0) is 10.3. The van der Waals surface area contributed by atoms with E-state index in [1.807, 2.05) is 6.07 Å². The Morgan fingerprint density at radius 2 is 2.20 bits per heavy atom. The maximum absolute atomic E-state index is 5.29. The third-order valence-electron chi connectivity index (χ3n) is 2.56. The maximum Gasteiger partial charge on any atom is 0.0620 e. The Kier molecular flexibility index (Phi) is 3.94. The minimum absolute atomic E-state index is 0.547. The van der Waals surface area contributed by atoms with Gasteiger partial charge in [0.25, 0.3) is 0 Å². The second kappa shape index (κ2) is 5.69. The second-order valence-electron chi connectivity index (χ2n) is 3.78. The van der Waals surface area contributed by atoms with Crippen LogP contribution in [0.25, 0.3) is 6.08 Å². The fraction of sp³-hybridized carbons (Fsp3) is 0.385. The Bertz CT molecular complexity index is 302. The van der Waals surface area contributed by atoms with Crippen LogP contribution in [0, 0.1) is 0 Å².